The second kappa shape index (κ2) is 5.51. The lowest BCUT2D eigenvalue weighted by atomic mass is 10.0. The van der Waals surface area contributed by atoms with Crippen molar-refractivity contribution in [2.24, 2.45) is 11.7 Å². The summed E-state index contributed by atoms with van der Waals surface area (Å²) >= 11 is 3.54. The average Bonchev–Trinajstić information content (AvgIpc) is 2.77. The highest BCUT2D eigenvalue weighted by molar-refractivity contribution is 9.10. The number of likely N-dealkylation sites (tertiary alicyclic amines) is 1. The third-order valence-corrected chi connectivity index (χ3v) is 4.37. The van der Waals surface area contributed by atoms with Crippen LogP contribution in [0.5, 0.6) is 0 Å². The van der Waals surface area contributed by atoms with E-state index < -0.39 is 0 Å². The first-order chi connectivity index (χ1) is 8.08. The van der Waals surface area contributed by atoms with E-state index in [1.807, 2.05) is 0 Å². The molecule has 0 bridgehead atoms. The Balaban J connectivity index is 2.04. The molecule has 0 spiro atoms. The summed E-state index contributed by atoms with van der Waals surface area (Å²) in [5.74, 6) is 0.657. The lowest BCUT2D eigenvalue weighted by Gasteiger charge is -2.25. The lowest BCUT2D eigenvalue weighted by Crippen LogP contribution is -2.30. The Bertz CT molecular complexity index is 378. The van der Waals surface area contributed by atoms with Gasteiger partial charge in [0.1, 0.15) is 0 Å². The molecular weight excluding hydrogens is 276 g/mol. The summed E-state index contributed by atoms with van der Waals surface area (Å²) in [6.45, 7) is 6.70. The molecule has 2 nitrogen and oxygen atoms in total. The van der Waals surface area contributed by atoms with Gasteiger partial charge in [-0.2, -0.15) is 0 Å². The van der Waals surface area contributed by atoms with Crippen LogP contribution in [0.3, 0.4) is 0 Å². The summed E-state index contributed by atoms with van der Waals surface area (Å²) in [5.41, 5.74) is 7.37. The minimum Gasteiger partial charge on any atom is -0.328 e. The van der Waals surface area contributed by atoms with Crippen LogP contribution in [0.2, 0.25) is 0 Å². The van der Waals surface area contributed by atoms with Crippen molar-refractivity contribution in [1.82, 2.24) is 4.90 Å². The van der Waals surface area contributed by atoms with Crippen molar-refractivity contribution >= 4 is 15.9 Å². The summed E-state index contributed by atoms with van der Waals surface area (Å²) in [5, 5.41) is 0. The fraction of sp³-hybridized carbons (Fsp3) is 0.571. The SMILES string of the molecule is CC(N)C1CCN(C(C)c2cccc(Br)c2)C1. The Kier molecular flexibility index (Phi) is 4.23. The van der Waals surface area contributed by atoms with E-state index in [2.05, 4.69) is 58.9 Å². The van der Waals surface area contributed by atoms with Gasteiger partial charge in [-0.1, -0.05) is 28.1 Å². The number of halogens is 1. The normalized spacial score (nSPS) is 24.8. The van der Waals surface area contributed by atoms with Gasteiger partial charge in [-0.25, -0.2) is 0 Å². The van der Waals surface area contributed by atoms with Crippen LogP contribution in [-0.2, 0) is 0 Å². The predicted molar refractivity (Wildman–Crippen MR) is 75.9 cm³/mol. The van der Waals surface area contributed by atoms with E-state index in [9.17, 15) is 0 Å². The maximum absolute atomic E-state index is 5.99. The number of rotatable bonds is 3. The van der Waals surface area contributed by atoms with Gasteiger partial charge in [0.25, 0.3) is 0 Å². The number of hydrogen-bond donors (Lipinski definition) is 1. The Labute approximate surface area is 112 Å². The number of benzene rings is 1. The average molecular weight is 297 g/mol. The second-order valence-corrected chi connectivity index (χ2v) is 6.05. The molecule has 3 heteroatoms. The Morgan fingerprint density at radius 1 is 1.41 bits per heavy atom. The van der Waals surface area contributed by atoms with Crippen molar-refractivity contribution in [2.45, 2.75) is 32.4 Å². The van der Waals surface area contributed by atoms with Crippen LogP contribution in [-0.4, -0.2) is 24.0 Å². The Morgan fingerprint density at radius 3 is 2.76 bits per heavy atom. The van der Waals surface area contributed by atoms with Crippen molar-refractivity contribution in [3.63, 3.8) is 0 Å². The smallest absolute Gasteiger partial charge is 0.0320 e. The molecule has 1 aromatic carbocycles. The Morgan fingerprint density at radius 2 is 2.18 bits per heavy atom. The fourth-order valence-electron chi connectivity index (χ4n) is 2.57. The molecule has 3 unspecified atom stereocenters. The Hall–Kier alpha value is -0.380. The van der Waals surface area contributed by atoms with Crippen LogP contribution in [0, 0.1) is 5.92 Å². The summed E-state index contributed by atoms with van der Waals surface area (Å²) in [6, 6.07) is 9.39. The molecule has 0 aliphatic carbocycles. The molecule has 0 saturated carbocycles. The first-order valence-corrected chi connectivity index (χ1v) is 7.12. The number of nitrogens with zero attached hydrogens (tertiary/aromatic N) is 1. The largest absolute Gasteiger partial charge is 0.328 e. The first kappa shape index (κ1) is 13.1. The molecule has 1 heterocycles. The van der Waals surface area contributed by atoms with E-state index in [0.717, 1.165) is 11.0 Å². The van der Waals surface area contributed by atoms with Crippen LogP contribution in [0.15, 0.2) is 28.7 Å². The molecule has 17 heavy (non-hydrogen) atoms. The summed E-state index contributed by atoms with van der Waals surface area (Å²) in [6.07, 6.45) is 1.23. The molecular formula is C14H21BrN2. The highest BCUT2D eigenvalue weighted by Crippen LogP contribution is 2.29. The van der Waals surface area contributed by atoms with Crippen LogP contribution in [0.1, 0.15) is 31.9 Å². The highest BCUT2D eigenvalue weighted by atomic mass is 79.9. The molecule has 94 valence electrons. The molecule has 1 aliphatic heterocycles. The van der Waals surface area contributed by atoms with Crippen molar-refractivity contribution in [3.8, 4) is 0 Å². The summed E-state index contributed by atoms with van der Waals surface area (Å²) < 4.78 is 1.16. The van der Waals surface area contributed by atoms with Crippen molar-refractivity contribution in [1.29, 1.82) is 0 Å². The molecule has 1 fully saturated rings. The van der Waals surface area contributed by atoms with Gasteiger partial charge in [0.05, 0.1) is 0 Å². The van der Waals surface area contributed by atoms with Gasteiger partial charge < -0.3 is 5.73 Å². The quantitative estimate of drug-likeness (QED) is 0.928. The molecule has 1 saturated heterocycles. The van der Waals surface area contributed by atoms with E-state index in [4.69, 9.17) is 5.73 Å². The summed E-state index contributed by atoms with van der Waals surface area (Å²) in [4.78, 5) is 2.54. The lowest BCUT2D eigenvalue weighted by molar-refractivity contribution is 0.248. The van der Waals surface area contributed by atoms with Gasteiger partial charge in [-0.15, -0.1) is 0 Å². The van der Waals surface area contributed by atoms with Crippen molar-refractivity contribution < 1.29 is 0 Å². The standard InChI is InChI=1S/C14H21BrN2/c1-10(16)13-6-7-17(9-13)11(2)12-4-3-5-14(15)8-12/h3-5,8,10-11,13H,6-7,9,16H2,1-2H3. The minimum absolute atomic E-state index is 0.315. The predicted octanol–water partition coefficient (Wildman–Crippen LogP) is 3.18. The zero-order valence-corrected chi connectivity index (χ0v) is 12.2. The van der Waals surface area contributed by atoms with Crippen molar-refractivity contribution in [3.05, 3.63) is 34.3 Å². The molecule has 2 N–H and O–H groups in total. The summed E-state index contributed by atoms with van der Waals surface area (Å²) in [7, 11) is 0. The van der Waals surface area contributed by atoms with Gasteiger partial charge in [-0.05, 0) is 50.4 Å². The highest BCUT2D eigenvalue weighted by Gasteiger charge is 2.28. The molecule has 0 aromatic heterocycles. The van der Waals surface area contributed by atoms with Crippen molar-refractivity contribution in [2.75, 3.05) is 13.1 Å². The zero-order valence-electron chi connectivity index (χ0n) is 10.6. The van der Waals surface area contributed by atoms with Crippen LogP contribution in [0.4, 0.5) is 0 Å². The molecule has 0 radical (unpaired) electrons. The molecule has 2 rings (SSSR count). The fourth-order valence-corrected chi connectivity index (χ4v) is 2.99. The first-order valence-electron chi connectivity index (χ1n) is 6.33. The topological polar surface area (TPSA) is 29.3 Å². The molecule has 3 atom stereocenters. The van der Waals surface area contributed by atoms with E-state index in [1.165, 1.54) is 18.5 Å². The van der Waals surface area contributed by atoms with Gasteiger partial charge in [-0.3, -0.25) is 4.90 Å². The van der Waals surface area contributed by atoms with Crippen LogP contribution >= 0.6 is 15.9 Å². The number of nitrogens with two attached hydrogens (primary N) is 1. The maximum atomic E-state index is 5.99. The van der Waals surface area contributed by atoms with Crippen LogP contribution in [0.25, 0.3) is 0 Å². The second-order valence-electron chi connectivity index (χ2n) is 5.13. The third-order valence-electron chi connectivity index (χ3n) is 3.88. The van der Waals surface area contributed by atoms with Gasteiger partial charge in [0, 0.05) is 23.1 Å². The van der Waals surface area contributed by atoms with E-state index >= 15 is 0 Å². The number of hydrogen-bond acceptors (Lipinski definition) is 2. The third kappa shape index (κ3) is 3.09. The molecule has 1 aromatic rings. The van der Waals surface area contributed by atoms with E-state index in [1.54, 1.807) is 0 Å². The maximum Gasteiger partial charge on any atom is 0.0320 e. The zero-order chi connectivity index (χ0) is 12.4. The minimum atomic E-state index is 0.315. The molecule has 1 aliphatic rings. The van der Waals surface area contributed by atoms with Gasteiger partial charge in [0.2, 0.25) is 0 Å². The van der Waals surface area contributed by atoms with Gasteiger partial charge in [0.15, 0.2) is 0 Å². The molecule has 0 amide bonds. The van der Waals surface area contributed by atoms with E-state index in [0.29, 0.717) is 18.0 Å². The monoisotopic (exact) mass is 296 g/mol. The van der Waals surface area contributed by atoms with Gasteiger partial charge >= 0.3 is 0 Å². The van der Waals surface area contributed by atoms with E-state index in [-0.39, 0.29) is 0 Å². The van der Waals surface area contributed by atoms with Crippen LogP contribution < -0.4 is 5.73 Å².